The normalized spacial score (nSPS) is 21.9. The molecule has 1 saturated heterocycles. The average molecular weight is 475 g/mol. The lowest BCUT2D eigenvalue weighted by atomic mass is 9.81. The van der Waals surface area contributed by atoms with Gasteiger partial charge in [-0.25, -0.2) is 4.79 Å². The van der Waals surface area contributed by atoms with Gasteiger partial charge in [-0.15, -0.1) is 11.3 Å². The van der Waals surface area contributed by atoms with E-state index in [4.69, 9.17) is 0 Å². The molecule has 0 bridgehead atoms. The number of hydrogen-bond acceptors (Lipinski definition) is 5. The minimum absolute atomic E-state index is 0.0236. The summed E-state index contributed by atoms with van der Waals surface area (Å²) in [7, 11) is 0. The van der Waals surface area contributed by atoms with Crippen molar-refractivity contribution < 1.29 is 9.59 Å². The highest BCUT2D eigenvalue weighted by Gasteiger charge is 2.31. The molecular formula is C24H34N4O4S. The number of fused-ring (bicyclic) bond motifs is 1. The monoisotopic (exact) mass is 474 g/mol. The molecule has 1 saturated carbocycles. The Morgan fingerprint density at radius 3 is 2.48 bits per heavy atom. The molecular weight excluding hydrogens is 440 g/mol. The van der Waals surface area contributed by atoms with Crippen molar-refractivity contribution in [3.8, 4) is 0 Å². The lowest BCUT2D eigenvalue weighted by molar-refractivity contribution is -0.135. The van der Waals surface area contributed by atoms with Crippen LogP contribution < -0.4 is 16.6 Å². The van der Waals surface area contributed by atoms with Crippen LogP contribution >= 0.6 is 11.3 Å². The van der Waals surface area contributed by atoms with Gasteiger partial charge in [0.2, 0.25) is 11.8 Å². The van der Waals surface area contributed by atoms with Crippen molar-refractivity contribution in [2.45, 2.75) is 77.9 Å². The summed E-state index contributed by atoms with van der Waals surface area (Å²) in [5, 5.41) is 4.68. The molecule has 0 unspecified atom stereocenters. The highest BCUT2D eigenvalue weighted by molar-refractivity contribution is 7.17. The molecule has 180 valence electrons. The maximum Gasteiger partial charge on any atom is 0.332 e. The minimum atomic E-state index is -0.430. The van der Waals surface area contributed by atoms with E-state index >= 15 is 0 Å². The van der Waals surface area contributed by atoms with Gasteiger partial charge in [0.1, 0.15) is 11.2 Å². The lowest BCUT2D eigenvalue weighted by Crippen LogP contribution is -2.44. The summed E-state index contributed by atoms with van der Waals surface area (Å²) in [6, 6.07) is 1.76. The van der Waals surface area contributed by atoms with Gasteiger partial charge in [0.15, 0.2) is 0 Å². The van der Waals surface area contributed by atoms with Gasteiger partial charge >= 0.3 is 5.69 Å². The van der Waals surface area contributed by atoms with Crippen LogP contribution in [0.15, 0.2) is 21.0 Å². The average Bonchev–Trinajstić information content (AvgIpc) is 3.52. The van der Waals surface area contributed by atoms with Crippen LogP contribution in [0.3, 0.4) is 0 Å². The highest BCUT2D eigenvalue weighted by Crippen LogP contribution is 2.31. The van der Waals surface area contributed by atoms with Crippen LogP contribution in [0.1, 0.15) is 58.8 Å². The fourth-order valence-corrected chi connectivity index (χ4v) is 5.90. The third kappa shape index (κ3) is 5.08. The molecule has 2 aromatic rings. The summed E-state index contributed by atoms with van der Waals surface area (Å²) in [5.41, 5.74) is -0.190. The fourth-order valence-electron chi connectivity index (χ4n) is 5.06. The van der Waals surface area contributed by atoms with Crippen LogP contribution in [0, 0.1) is 11.8 Å². The molecule has 2 aromatic heterocycles. The first-order chi connectivity index (χ1) is 15.9. The lowest BCUT2D eigenvalue weighted by Gasteiger charge is -2.30. The van der Waals surface area contributed by atoms with Gasteiger partial charge in [-0.1, -0.05) is 6.92 Å². The quantitative estimate of drug-likeness (QED) is 0.667. The number of nitrogens with zero attached hydrogens (tertiary/aromatic N) is 3. The first kappa shape index (κ1) is 23.7. The SMILES string of the molecule is CC[C@@H](C)NC(=O)Cn1c(=O)n(CC2CCC(C(=O)N3CCCC3)CC2)c(=O)c2sccc21. The van der Waals surface area contributed by atoms with Crippen LogP contribution in [0.2, 0.25) is 0 Å². The molecule has 3 heterocycles. The van der Waals surface area contributed by atoms with Gasteiger partial charge in [-0.2, -0.15) is 0 Å². The van der Waals surface area contributed by atoms with Gasteiger partial charge in [0.25, 0.3) is 5.56 Å². The highest BCUT2D eigenvalue weighted by atomic mass is 32.1. The zero-order valence-corrected chi connectivity index (χ0v) is 20.4. The second kappa shape index (κ2) is 10.2. The Bertz CT molecular complexity index is 1120. The topological polar surface area (TPSA) is 93.4 Å². The van der Waals surface area contributed by atoms with Crippen LogP contribution in [0.4, 0.5) is 0 Å². The molecule has 1 N–H and O–H groups in total. The number of rotatable bonds is 7. The summed E-state index contributed by atoms with van der Waals surface area (Å²) in [4.78, 5) is 53.6. The number of carbonyl (C=O) groups excluding carboxylic acids is 2. The Kier molecular flexibility index (Phi) is 7.36. The predicted molar refractivity (Wildman–Crippen MR) is 130 cm³/mol. The number of thiophene rings is 1. The van der Waals surface area contributed by atoms with E-state index in [1.165, 1.54) is 20.5 Å². The second-order valence-electron chi connectivity index (χ2n) is 9.55. The second-order valence-corrected chi connectivity index (χ2v) is 10.5. The number of hydrogen-bond donors (Lipinski definition) is 1. The van der Waals surface area contributed by atoms with E-state index < -0.39 is 5.69 Å². The summed E-state index contributed by atoms with van der Waals surface area (Å²) < 4.78 is 3.24. The van der Waals surface area contributed by atoms with Crippen LogP contribution in [-0.2, 0) is 22.7 Å². The van der Waals surface area contributed by atoms with E-state index in [0.717, 1.165) is 58.0 Å². The molecule has 33 heavy (non-hydrogen) atoms. The van der Waals surface area contributed by atoms with Crippen LogP contribution in [-0.4, -0.2) is 45.0 Å². The van der Waals surface area contributed by atoms with Crippen LogP contribution in [0.25, 0.3) is 10.2 Å². The molecule has 1 atom stereocenters. The number of likely N-dealkylation sites (tertiary alicyclic amines) is 1. The van der Waals surface area contributed by atoms with E-state index in [-0.39, 0.29) is 41.8 Å². The van der Waals surface area contributed by atoms with Gasteiger partial charge in [0, 0.05) is 31.6 Å². The van der Waals surface area contributed by atoms with Crippen molar-refractivity contribution in [3.05, 3.63) is 32.3 Å². The van der Waals surface area contributed by atoms with Gasteiger partial charge < -0.3 is 10.2 Å². The van der Waals surface area contributed by atoms with Crippen molar-refractivity contribution >= 4 is 33.4 Å². The number of amides is 2. The maximum atomic E-state index is 13.3. The van der Waals surface area contributed by atoms with E-state index in [0.29, 0.717) is 16.8 Å². The van der Waals surface area contributed by atoms with Gasteiger partial charge in [0.05, 0.1) is 5.52 Å². The molecule has 0 radical (unpaired) electrons. The largest absolute Gasteiger partial charge is 0.352 e. The van der Waals surface area contributed by atoms with Gasteiger partial charge in [-0.05, 0) is 69.2 Å². The third-order valence-electron chi connectivity index (χ3n) is 7.21. The minimum Gasteiger partial charge on any atom is -0.352 e. The molecule has 9 heteroatoms. The molecule has 2 fully saturated rings. The summed E-state index contributed by atoms with van der Waals surface area (Å²) >= 11 is 1.30. The van der Waals surface area contributed by atoms with E-state index in [9.17, 15) is 19.2 Å². The van der Waals surface area contributed by atoms with Crippen molar-refractivity contribution in [2.24, 2.45) is 11.8 Å². The predicted octanol–water partition coefficient (Wildman–Crippen LogP) is 2.57. The number of aromatic nitrogens is 2. The number of nitrogens with one attached hydrogen (secondary N) is 1. The smallest absolute Gasteiger partial charge is 0.332 e. The molecule has 0 spiro atoms. The van der Waals surface area contributed by atoms with Gasteiger partial charge in [-0.3, -0.25) is 23.5 Å². The first-order valence-corrected chi connectivity index (χ1v) is 13.1. The first-order valence-electron chi connectivity index (χ1n) is 12.2. The summed E-state index contributed by atoms with van der Waals surface area (Å²) in [6.45, 7) is 5.89. The van der Waals surface area contributed by atoms with Crippen molar-refractivity contribution in [2.75, 3.05) is 13.1 Å². The van der Waals surface area contributed by atoms with E-state index in [1.807, 2.05) is 18.7 Å². The Hall–Kier alpha value is -2.42. The van der Waals surface area contributed by atoms with E-state index in [1.54, 1.807) is 11.4 Å². The Morgan fingerprint density at radius 2 is 1.82 bits per heavy atom. The van der Waals surface area contributed by atoms with Crippen molar-refractivity contribution in [3.63, 3.8) is 0 Å². The number of carbonyl (C=O) groups is 2. The molecule has 1 aliphatic heterocycles. The summed E-state index contributed by atoms with van der Waals surface area (Å²) in [6.07, 6.45) is 6.26. The standard InChI is InChI=1S/C24H34N4O4S/c1-3-16(2)25-20(29)15-27-19-10-13-33-21(19)23(31)28(24(27)32)14-17-6-8-18(9-7-17)22(30)26-11-4-5-12-26/h10,13,16-18H,3-9,11-12,14-15H2,1-2H3,(H,25,29)/t16-,17?,18?/m1/s1. The summed E-state index contributed by atoms with van der Waals surface area (Å²) in [5.74, 6) is 0.289. The molecule has 2 amide bonds. The Balaban J connectivity index is 1.50. The Labute approximate surface area is 197 Å². The third-order valence-corrected chi connectivity index (χ3v) is 8.10. The van der Waals surface area contributed by atoms with Crippen molar-refractivity contribution in [1.82, 2.24) is 19.4 Å². The fraction of sp³-hybridized carbons (Fsp3) is 0.667. The van der Waals surface area contributed by atoms with E-state index in [2.05, 4.69) is 5.32 Å². The molecule has 4 rings (SSSR count). The molecule has 2 aliphatic rings. The Morgan fingerprint density at radius 1 is 1.12 bits per heavy atom. The van der Waals surface area contributed by atoms with Crippen molar-refractivity contribution in [1.29, 1.82) is 0 Å². The molecule has 8 nitrogen and oxygen atoms in total. The van der Waals surface area contributed by atoms with Crippen LogP contribution in [0.5, 0.6) is 0 Å². The molecule has 1 aliphatic carbocycles. The maximum absolute atomic E-state index is 13.3. The zero-order chi connectivity index (χ0) is 23.5. The molecule has 0 aromatic carbocycles. The zero-order valence-electron chi connectivity index (χ0n) is 19.5.